The second kappa shape index (κ2) is 9.12. The summed E-state index contributed by atoms with van der Waals surface area (Å²) < 4.78 is 5.56. The topological polar surface area (TPSA) is 56.5 Å². The van der Waals surface area contributed by atoms with E-state index in [9.17, 15) is 5.11 Å². The molecule has 1 aromatic carbocycles. The maximum Gasteiger partial charge on any atom is 0.0900 e. The third-order valence-electron chi connectivity index (χ3n) is 4.05. The number of benzene rings is 1. The summed E-state index contributed by atoms with van der Waals surface area (Å²) in [6, 6.07) is 10.1. The molecule has 0 aromatic heterocycles. The minimum Gasteiger partial charge on any atom is -0.389 e. The van der Waals surface area contributed by atoms with Gasteiger partial charge in [0, 0.05) is 17.6 Å². The predicted molar refractivity (Wildman–Crippen MR) is 86.6 cm³/mol. The van der Waals surface area contributed by atoms with Gasteiger partial charge in [-0.25, -0.2) is 0 Å². The first kappa shape index (κ1) is 17.2. The van der Waals surface area contributed by atoms with Gasteiger partial charge in [0.05, 0.1) is 31.9 Å². The molecule has 0 heterocycles. The fraction of sp³-hybridized carbons (Fsp3) is 0.588. The van der Waals surface area contributed by atoms with Crippen LogP contribution in [0.2, 0.25) is 5.02 Å². The van der Waals surface area contributed by atoms with Crippen molar-refractivity contribution in [2.45, 2.75) is 44.4 Å². The number of rotatable bonds is 8. The second-order valence-electron chi connectivity index (χ2n) is 5.82. The molecule has 0 aliphatic heterocycles. The summed E-state index contributed by atoms with van der Waals surface area (Å²) >= 11 is 5.83. The summed E-state index contributed by atoms with van der Waals surface area (Å²) in [5.74, 6) is 0. The molecule has 120 valence electrons. The van der Waals surface area contributed by atoms with Crippen molar-refractivity contribution < 1.29 is 9.84 Å². The summed E-state index contributed by atoms with van der Waals surface area (Å²) in [6.07, 6.45) is 4.12. The van der Waals surface area contributed by atoms with Crippen LogP contribution in [-0.4, -0.2) is 41.8 Å². The number of aliphatic hydroxyl groups is 1. The van der Waals surface area contributed by atoms with E-state index in [2.05, 4.69) is 11.0 Å². The Morgan fingerprint density at radius 1 is 1.32 bits per heavy atom. The number of ether oxygens (including phenoxy) is 1. The molecule has 1 aliphatic carbocycles. The van der Waals surface area contributed by atoms with Crippen molar-refractivity contribution in [3.63, 3.8) is 0 Å². The highest BCUT2D eigenvalue weighted by molar-refractivity contribution is 6.30. The van der Waals surface area contributed by atoms with Gasteiger partial charge in [-0.15, -0.1) is 0 Å². The molecule has 0 amide bonds. The number of aliphatic hydroxyl groups excluding tert-OH is 1. The highest BCUT2D eigenvalue weighted by atomic mass is 35.5. The van der Waals surface area contributed by atoms with Crippen molar-refractivity contribution in [3.05, 3.63) is 34.9 Å². The van der Waals surface area contributed by atoms with Crippen molar-refractivity contribution in [2.24, 2.45) is 0 Å². The molecule has 2 rings (SSSR count). The van der Waals surface area contributed by atoms with Gasteiger partial charge in [0.2, 0.25) is 0 Å². The van der Waals surface area contributed by atoms with Crippen LogP contribution in [0, 0.1) is 11.3 Å². The molecule has 0 spiro atoms. The standard InChI is InChI=1S/C17H23ClN2O2/c18-15-7-5-14(6-8-15)12-22-13-17(21)11-20(10-9-19)16-3-1-2-4-16/h5-8,16-17,21H,1-4,10-13H2. The molecule has 1 saturated carbocycles. The van der Waals surface area contributed by atoms with E-state index in [1.807, 2.05) is 24.3 Å². The van der Waals surface area contributed by atoms with Crippen LogP contribution in [0.15, 0.2) is 24.3 Å². The monoisotopic (exact) mass is 322 g/mol. The quantitative estimate of drug-likeness (QED) is 0.748. The summed E-state index contributed by atoms with van der Waals surface area (Å²) in [6.45, 7) is 1.60. The molecule has 1 aliphatic rings. The second-order valence-corrected chi connectivity index (χ2v) is 6.26. The largest absolute Gasteiger partial charge is 0.389 e. The van der Waals surface area contributed by atoms with Gasteiger partial charge in [-0.3, -0.25) is 4.90 Å². The lowest BCUT2D eigenvalue weighted by atomic mass is 10.2. The van der Waals surface area contributed by atoms with Crippen molar-refractivity contribution in [1.82, 2.24) is 4.90 Å². The Morgan fingerprint density at radius 2 is 2.00 bits per heavy atom. The molecular weight excluding hydrogens is 300 g/mol. The third kappa shape index (κ3) is 5.58. The number of halogens is 1. The van der Waals surface area contributed by atoms with Crippen LogP contribution in [0.1, 0.15) is 31.2 Å². The van der Waals surface area contributed by atoms with E-state index in [-0.39, 0.29) is 6.61 Å². The average Bonchev–Trinajstić information content (AvgIpc) is 3.03. The fourth-order valence-electron chi connectivity index (χ4n) is 2.92. The summed E-state index contributed by atoms with van der Waals surface area (Å²) in [4.78, 5) is 2.09. The Hall–Kier alpha value is -1.12. The lowest BCUT2D eigenvalue weighted by molar-refractivity contribution is 0.00537. The summed E-state index contributed by atoms with van der Waals surface area (Å²) in [7, 11) is 0. The Labute approximate surface area is 137 Å². The van der Waals surface area contributed by atoms with E-state index in [1.165, 1.54) is 12.8 Å². The van der Waals surface area contributed by atoms with Gasteiger partial charge in [-0.05, 0) is 30.5 Å². The van der Waals surface area contributed by atoms with E-state index in [0.29, 0.717) is 30.8 Å². The Morgan fingerprint density at radius 3 is 2.64 bits per heavy atom. The first-order valence-electron chi connectivity index (χ1n) is 7.80. The highest BCUT2D eigenvalue weighted by Gasteiger charge is 2.24. The van der Waals surface area contributed by atoms with Crippen molar-refractivity contribution in [3.8, 4) is 6.07 Å². The van der Waals surface area contributed by atoms with Crippen LogP contribution in [0.4, 0.5) is 0 Å². The van der Waals surface area contributed by atoms with E-state index in [0.717, 1.165) is 18.4 Å². The summed E-state index contributed by atoms with van der Waals surface area (Å²) in [5.41, 5.74) is 1.03. The maximum absolute atomic E-state index is 10.1. The molecule has 0 saturated heterocycles. The molecule has 0 radical (unpaired) electrons. The average molecular weight is 323 g/mol. The van der Waals surface area contributed by atoms with Gasteiger partial charge in [-0.1, -0.05) is 36.6 Å². The molecule has 5 heteroatoms. The first-order valence-corrected chi connectivity index (χ1v) is 8.18. The Kier molecular flexibility index (Phi) is 7.14. The zero-order valence-corrected chi connectivity index (χ0v) is 13.5. The van der Waals surface area contributed by atoms with Crippen LogP contribution in [0.5, 0.6) is 0 Å². The minimum absolute atomic E-state index is 0.275. The number of hydrogen-bond donors (Lipinski definition) is 1. The number of nitriles is 1. The predicted octanol–water partition coefficient (Wildman–Crippen LogP) is 2.99. The molecule has 4 nitrogen and oxygen atoms in total. The van der Waals surface area contributed by atoms with Crippen molar-refractivity contribution >= 4 is 11.6 Å². The molecular formula is C17H23ClN2O2. The normalized spacial score (nSPS) is 16.8. The van der Waals surface area contributed by atoms with E-state index in [1.54, 1.807) is 0 Å². The van der Waals surface area contributed by atoms with Gasteiger partial charge in [0.25, 0.3) is 0 Å². The van der Waals surface area contributed by atoms with E-state index < -0.39 is 6.10 Å². The molecule has 1 fully saturated rings. The zero-order valence-electron chi connectivity index (χ0n) is 12.7. The van der Waals surface area contributed by atoms with Crippen LogP contribution in [0.3, 0.4) is 0 Å². The maximum atomic E-state index is 10.1. The minimum atomic E-state index is -0.568. The van der Waals surface area contributed by atoms with Crippen LogP contribution < -0.4 is 0 Å². The van der Waals surface area contributed by atoms with Gasteiger partial charge in [-0.2, -0.15) is 5.26 Å². The van der Waals surface area contributed by atoms with Gasteiger partial charge < -0.3 is 9.84 Å². The van der Waals surface area contributed by atoms with Crippen LogP contribution >= 0.6 is 11.6 Å². The fourth-order valence-corrected chi connectivity index (χ4v) is 3.05. The third-order valence-corrected chi connectivity index (χ3v) is 4.30. The molecule has 1 aromatic rings. The number of nitrogens with zero attached hydrogens (tertiary/aromatic N) is 2. The molecule has 1 N–H and O–H groups in total. The van der Waals surface area contributed by atoms with Gasteiger partial charge >= 0.3 is 0 Å². The van der Waals surface area contributed by atoms with Crippen molar-refractivity contribution in [1.29, 1.82) is 5.26 Å². The molecule has 1 atom stereocenters. The van der Waals surface area contributed by atoms with Crippen LogP contribution in [0.25, 0.3) is 0 Å². The van der Waals surface area contributed by atoms with Crippen LogP contribution in [-0.2, 0) is 11.3 Å². The SMILES string of the molecule is N#CCN(CC(O)COCc1ccc(Cl)cc1)C1CCCC1. The highest BCUT2D eigenvalue weighted by Crippen LogP contribution is 2.23. The smallest absolute Gasteiger partial charge is 0.0900 e. The van der Waals surface area contributed by atoms with Gasteiger partial charge in [0.15, 0.2) is 0 Å². The number of hydrogen-bond acceptors (Lipinski definition) is 4. The van der Waals surface area contributed by atoms with Crippen molar-refractivity contribution in [2.75, 3.05) is 19.7 Å². The first-order chi connectivity index (χ1) is 10.7. The lowest BCUT2D eigenvalue weighted by Gasteiger charge is -2.28. The molecule has 0 bridgehead atoms. The summed E-state index contributed by atoms with van der Waals surface area (Å²) in [5, 5.41) is 19.8. The van der Waals surface area contributed by atoms with Gasteiger partial charge in [0.1, 0.15) is 0 Å². The Balaban J connectivity index is 1.72. The lowest BCUT2D eigenvalue weighted by Crippen LogP contribution is -2.41. The molecule has 22 heavy (non-hydrogen) atoms. The Bertz CT molecular complexity index is 480. The van der Waals surface area contributed by atoms with E-state index >= 15 is 0 Å². The zero-order chi connectivity index (χ0) is 15.8. The molecule has 1 unspecified atom stereocenters. The van der Waals surface area contributed by atoms with E-state index in [4.69, 9.17) is 21.6 Å².